The third-order valence-corrected chi connectivity index (χ3v) is 6.49. The highest BCUT2D eigenvalue weighted by Crippen LogP contribution is 2.34. The van der Waals surface area contributed by atoms with Gasteiger partial charge in [-0.05, 0) is 81.3 Å². The minimum absolute atomic E-state index is 0.169. The molecule has 3 aromatic rings. The first-order valence-electron chi connectivity index (χ1n) is 12.1. The minimum atomic E-state index is -0.214. The molecule has 0 saturated heterocycles. The third-order valence-electron chi connectivity index (χ3n) is 6.49. The van der Waals surface area contributed by atoms with Crippen molar-refractivity contribution < 1.29 is 4.79 Å². The number of rotatable bonds is 9. The van der Waals surface area contributed by atoms with Crippen LogP contribution < -0.4 is 10.9 Å². The summed E-state index contributed by atoms with van der Waals surface area (Å²) in [4.78, 5) is 38.0. The molecule has 1 unspecified atom stereocenters. The number of H-pyrrole nitrogens is 1. The van der Waals surface area contributed by atoms with Gasteiger partial charge in [-0.3, -0.25) is 24.5 Å². The molecule has 3 aromatic heterocycles. The van der Waals surface area contributed by atoms with Crippen LogP contribution in [-0.4, -0.2) is 38.8 Å². The summed E-state index contributed by atoms with van der Waals surface area (Å²) in [5.74, 6) is -0.169. The predicted molar refractivity (Wildman–Crippen MR) is 133 cm³/mol. The van der Waals surface area contributed by atoms with Crippen molar-refractivity contribution in [3.63, 3.8) is 0 Å². The molecule has 0 radical (unpaired) electrons. The number of hydrogen-bond acceptors (Lipinski definition) is 5. The number of pyridine rings is 3. The van der Waals surface area contributed by atoms with E-state index in [0.717, 1.165) is 50.9 Å². The lowest BCUT2D eigenvalue weighted by atomic mass is 9.90. The molecule has 3 heterocycles. The Labute approximate surface area is 200 Å². The Bertz CT molecular complexity index is 1170. The lowest BCUT2D eigenvalue weighted by Crippen LogP contribution is -2.33. The summed E-state index contributed by atoms with van der Waals surface area (Å²) in [6, 6.07) is 9.61. The monoisotopic (exact) mass is 459 g/mol. The molecule has 178 valence electrons. The van der Waals surface area contributed by atoms with Crippen LogP contribution >= 0.6 is 0 Å². The van der Waals surface area contributed by atoms with Gasteiger partial charge >= 0.3 is 0 Å². The fraction of sp³-hybridized carbons (Fsp3) is 0.407. The van der Waals surface area contributed by atoms with Gasteiger partial charge in [-0.2, -0.15) is 0 Å². The van der Waals surface area contributed by atoms with Crippen LogP contribution in [-0.2, 0) is 13.0 Å². The molecular formula is C27H33N5O2. The molecule has 1 aliphatic rings. The number of hydrogen-bond donors (Lipinski definition) is 2. The van der Waals surface area contributed by atoms with E-state index >= 15 is 0 Å². The fourth-order valence-electron chi connectivity index (χ4n) is 4.68. The molecule has 4 rings (SSSR count). The quantitative estimate of drug-likeness (QED) is 0.474. The van der Waals surface area contributed by atoms with Gasteiger partial charge in [-0.15, -0.1) is 0 Å². The van der Waals surface area contributed by atoms with Crippen LogP contribution in [0.15, 0.2) is 53.7 Å². The molecule has 2 N–H and O–H groups in total. The number of nitrogens with zero attached hydrogens (tertiary/aromatic N) is 3. The molecule has 0 spiro atoms. The molecular weight excluding hydrogens is 426 g/mol. The Morgan fingerprint density at radius 2 is 2.09 bits per heavy atom. The van der Waals surface area contributed by atoms with E-state index in [9.17, 15) is 9.59 Å². The van der Waals surface area contributed by atoms with Crippen LogP contribution in [0.3, 0.4) is 0 Å². The van der Waals surface area contributed by atoms with E-state index in [0.29, 0.717) is 12.1 Å². The summed E-state index contributed by atoms with van der Waals surface area (Å²) in [7, 11) is 0. The second-order valence-corrected chi connectivity index (χ2v) is 9.11. The van der Waals surface area contributed by atoms with Gasteiger partial charge < -0.3 is 10.3 Å². The lowest BCUT2D eigenvalue weighted by Gasteiger charge is -2.35. The zero-order valence-corrected chi connectivity index (χ0v) is 20.0. The second kappa shape index (κ2) is 11.2. The number of carbonyl (C=O) groups is 1. The van der Waals surface area contributed by atoms with E-state index in [-0.39, 0.29) is 17.5 Å². The van der Waals surface area contributed by atoms with Crippen molar-refractivity contribution in [3.05, 3.63) is 92.9 Å². The first-order chi connectivity index (χ1) is 16.5. The van der Waals surface area contributed by atoms with Gasteiger partial charge in [0.25, 0.3) is 5.91 Å². The van der Waals surface area contributed by atoms with E-state index < -0.39 is 0 Å². The normalized spacial score (nSPS) is 15.2. The molecule has 0 aromatic carbocycles. The SMILES string of the molecule is Cc1cnc(CN(CCCCNC(=O)c2ccc(=O)[nH]c2)C2CCCc3cccnc32)c(C)c1. The van der Waals surface area contributed by atoms with Gasteiger partial charge in [0.05, 0.1) is 23.0 Å². The van der Waals surface area contributed by atoms with Crippen LogP contribution in [0, 0.1) is 13.8 Å². The Balaban J connectivity index is 1.40. The molecule has 0 bridgehead atoms. The van der Waals surface area contributed by atoms with Crippen LogP contribution in [0.2, 0.25) is 0 Å². The van der Waals surface area contributed by atoms with Crippen molar-refractivity contribution >= 4 is 5.91 Å². The summed E-state index contributed by atoms with van der Waals surface area (Å²) >= 11 is 0. The Morgan fingerprint density at radius 1 is 1.21 bits per heavy atom. The van der Waals surface area contributed by atoms with E-state index in [4.69, 9.17) is 9.97 Å². The first-order valence-corrected chi connectivity index (χ1v) is 12.1. The predicted octanol–water partition coefficient (Wildman–Crippen LogP) is 3.87. The third kappa shape index (κ3) is 5.97. The summed E-state index contributed by atoms with van der Waals surface area (Å²) in [6.45, 7) is 6.49. The van der Waals surface area contributed by atoms with Gasteiger partial charge in [0.2, 0.25) is 5.56 Å². The Morgan fingerprint density at radius 3 is 2.88 bits per heavy atom. The number of aromatic nitrogens is 3. The van der Waals surface area contributed by atoms with Gasteiger partial charge in [0.15, 0.2) is 0 Å². The average Bonchev–Trinajstić information content (AvgIpc) is 2.84. The number of unbranched alkanes of at least 4 members (excludes halogenated alkanes) is 1. The Hall–Kier alpha value is -3.32. The van der Waals surface area contributed by atoms with E-state index in [2.05, 4.69) is 41.2 Å². The number of aryl methyl sites for hydroxylation is 3. The molecule has 0 aliphatic heterocycles. The average molecular weight is 460 g/mol. The zero-order valence-electron chi connectivity index (χ0n) is 20.0. The van der Waals surface area contributed by atoms with Crippen molar-refractivity contribution in [3.8, 4) is 0 Å². The number of nitrogens with one attached hydrogen (secondary N) is 2. The van der Waals surface area contributed by atoms with Crippen molar-refractivity contribution in [1.29, 1.82) is 0 Å². The molecule has 7 nitrogen and oxygen atoms in total. The highest BCUT2D eigenvalue weighted by atomic mass is 16.1. The fourth-order valence-corrected chi connectivity index (χ4v) is 4.68. The molecule has 0 saturated carbocycles. The topological polar surface area (TPSA) is 91.0 Å². The maximum Gasteiger partial charge on any atom is 0.252 e. The maximum atomic E-state index is 12.3. The molecule has 1 amide bonds. The van der Waals surface area contributed by atoms with Crippen LogP contribution in [0.5, 0.6) is 0 Å². The van der Waals surface area contributed by atoms with Crippen LogP contribution in [0.1, 0.15) is 70.2 Å². The second-order valence-electron chi connectivity index (χ2n) is 9.11. The summed E-state index contributed by atoms with van der Waals surface area (Å²) in [5.41, 5.74) is 6.31. The highest BCUT2D eigenvalue weighted by molar-refractivity contribution is 5.93. The molecule has 0 fully saturated rings. The Kier molecular flexibility index (Phi) is 7.85. The summed E-state index contributed by atoms with van der Waals surface area (Å²) in [5, 5.41) is 2.95. The lowest BCUT2D eigenvalue weighted by molar-refractivity contribution is 0.0951. The van der Waals surface area contributed by atoms with Gasteiger partial charge in [0.1, 0.15) is 0 Å². The van der Waals surface area contributed by atoms with Gasteiger partial charge in [0, 0.05) is 37.7 Å². The molecule has 1 aliphatic carbocycles. The molecule has 7 heteroatoms. The number of aromatic amines is 1. The molecule has 34 heavy (non-hydrogen) atoms. The van der Waals surface area contributed by atoms with E-state index in [1.165, 1.54) is 34.6 Å². The zero-order chi connectivity index (χ0) is 23.9. The number of amides is 1. The van der Waals surface area contributed by atoms with E-state index in [1.807, 2.05) is 18.5 Å². The van der Waals surface area contributed by atoms with Crippen molar-refractivity contribution in [2.24, 2.45) is 0 Å². The van der Waals surface area contributed by atoms with E-state index in [1.54, 1.807) is 6.07 Å². The standard InChI is InChI=1S/C27H33N5O2/c1-19-15-20(2)23(30-16-19)18-32(24-9-5-7-21-8-6-13-28-26(21)24)14-4-3-12-29-27(34)22-10-11-25(33)31-17-22/h6,8,10-11,13,15-17,24H,3-5,7,9,12,14,18H2,1-2H3,(H,29,34)(H,31,33). The van der Waals surface area contributed by atoms with Gasteiger partial charge in [-0.25, -0.2) is 0 Å². The molecule has 1 atom stereocenters. The smallest absolute Gasteiger partial charge is 0.252 e. The summed E-state index contributed by atoms with van der Waals surface area (Å²) < 4.78 is 0. The van der Waals surface area contributed by atoms with Gasteiger partial charge in [-0.1, -0.05) is 12.1 Å². The van der Waals surface area contributed by atoms with Crippen LogP contribution in [0.4, 0.5) is 0 Å². The van der Waals surface area contributed by atoms with Crippen molar-refractivity contribution in [1.82, 2.24) is 25.2 Å². The van der Waals surface area contributed by atoms with Crippen molar-refractivity contribution in [2.45, 2.75) is 58.5 Å². The van der Waals surface area contributed by atoms with Crippen molar-refractivity contribution in [2.75, 3.05) is 13.1 Å². The van der Waals surface area contributed by atoms with Crippen LogP contribution in [0.25, 0.3) is 0 Å². The highest BCUT2D eigenvalue weighted by Gasteiger charge is 2.27. The minimum Gasteiger partial charge on any atom is -0.352 e. The number of carbonyl (C=O) groups excluding carboxylic acids is 1. The maximum absolute atomic E-state index is 12.3. The largest absolute Gasteiger partial charge is 0.352 e. The first kappa shape index (κ1) is 23.8. The summed E-state index contributed by atoms with van der Waals surface area (Å²) in [6.07, 6.45) is 10.5. The number of fused-ring (bicyclic) bond motifs is 1.